The van der Waals surface area contributed by atoms with Crippen LogP contribution in [0.15, 0.2) is 84.9 Å². The summed E-state index contributed by atoms with van der Waals surface area (Å²) in [6.45, 7) is 12.0. The summed E-state index contributed by atoms with van der Waals surface area (Å²) in [5, 5.41) is 0. The second kappa shape index (κ2) is 14.2. The topological polar surface area (TPSA) is 54.4 Å². The van der Waals surface area contributed by atoms with E-state index in [1.54, 1.807) is 0 Å². The van der Waals surface area contributed by atoms with Gasteiger partial charge < -0.3 is 0 Å². The van der Waals surface area contributed by atoms with Gasteiger partial charge in [-0.05, 0) is 51.8 Å². The van der Waals surface area contributed by atoms with E-state index < -0.39 is 15.6 Å². The SMILES string of the molecule is CC1C(C)C(C)C(C)C1C.O=S(=O)(O)C(F)(F)F.[Ru+].c1ccc(-c2ccc(-c3ccccc3)cc2)cc1. The molecule has 0 unspecified atom stereocenters. The van der Waals surface area contributed by atoms with Crippen LogP contribution in [0, 0.1) is 29.6 Å². The van der Waals surface area contributed by atoms with Crippen molar-refractivity contribution in [2.45, 2.75) is 40.1 Å². The maximum atomic E-state index is 10.7. The maximum absolute atomic E-state index is 10.7. The van der Waals surface area contributed by atoms with Crippen molar-refractivity contribution in [3.63, 3.8) is 0 Å². The summed E-state index contributed by atoms with van der Waals surface area (Å²) < 4.78 is 57.5. The quantitative estimate of drug-likeness (QED) is 0.177. The summed E-state index contributed by atoms with van der Waals surface area (Å²) in [5.74, 6) is 4.68. The van der Waals surface area contributed by atoms with Crippen LogP contribution in [0.4, 0.5) is 13.2 Å². The molecular formula is C29H35F3O3RuS+. The Hall–Kier alpha value is -2.02. The molecule has 0 amide bonds. The van der Waals surface area contributed by atoms with Crippen LogP contribution < -0.4 is 0 Å². The minimum atomic E-state index is -5.84. The summed E-state index contributed by atoms with van der Waals surface area (Å²) in [6.07, 6.45) is 0. The molecule has 0 bridgehead atoms. The van der Waals surface area contributed by atoms with E-state index in [0.29, 0.717) is 0 Å². The Morgan fingerprint density at radius 1 is 0.541 bits per heavy atom. The molecule has 1 fully saturated rings. The number of benzene rings is 3. The minimum Gasteiger partial charge on any atom is -0.279 e. The van der Waals surface area contributed by atoms with Gasteiger partial charge in [-0.1, -0.05) is 120 Å². The Morgan fingerprint density at radius 2 is 0.730 bits per heavy atom. The molecule has 0 spiro atoms. The van der Waals surface area contributed by atoms with Crippen LogP contribution in [-0.2, 0) is 29.6 Å². The molecule has 0 saturated heterocycles. The Kier molecular flexibility index (Phi) is 12.7. The molecule has 3 aromatic carbocycles. The molecule has 1 N–H and O–H groups in total. The van der Waals surface area contributed by atoms with Crippen LogP contribution in [-0.4, -0.2) is 18.5 Å². The van der Waals surface area contributed by atoms with E-state index in [9.17, 15) is 13.2 Å². The molecule has 203 valence electrons. The van der Waals surface area contributed by atoms with E-state index >= 15 is 0 Å². The summed E-state index contributed by atoms with van der Waals surface area (Å²) in [6, 6.07) is 29.6. The average Bonchev–Trinajstić information content (AvgIpc) is 3.02. The van der Waals surface area contributed by atoms with Crippen LogP contribution in [0.2, 0.25) is 0 Å². The molecular weight excluding hydrogens is 586 g/mol. The Bertz CT molecular complexity index is 1070. The van der Waals surface area contributed by atoms with Crippen molar-refractivity contribution < 1.29 is 45.6 Å². The molecule has 0 heterocycles. The number of hydrogen-bond donors (Lipinski definition) is 1. The van der Waals surface area contributed by atoms with Gasteiger partial charge in [0, 0.05) is 0 Å². The van der Waals surface area contributed by atoms with Gasteiger partial charge in [-0.25, -0.2) is 0 Å². The van der Waals surface area contributed by atoms with Crippen molar-refractivity contribution >= 4 is 10.1 Å². The smallest absolute Gasteiger partial charge is 0.279 e. The first-order valence-electron chi connectivity index (χ1n) is 12.0. The van der Waals surface area contributed by atoms with E-state index in [4.69, 9.17) is 13.0 Å². The van der Waals surface area contributed by atoms with Gasteiger partial charge in [-0.3, -0.25) is 4.55 Å². The first kappa shape index (κ1) is 33.0. The monoisotopic (exact) mass is 622 g/mol. The van der Waals surface area contributed by atoms with Crippen molar-refractivity contribution in [2.24, 2.45) is 29.6 Å². The summed E-state index contributed by atoms with van der Waals surface area (Å²) in [5.41, 5.74) is -0.493. The number of hydrogen-bond acceptors (Lipinski definition) is 2. The van der Waals surface area contributed by atoms with E-state index in [2.05, 4.69) is 107 Å². The summed E-state index contributed by atoms with van der Waals surface area (Å²) in [7, 11) is -5.84. The van der Waals surface area contributed by atoms with Crippen LogP contribution in [0.1, 0.15) is 34.6 Å². The molecule has 1 aliphatic carbocycles. The third kappa shape index (κ3) is 9.35. The van der Waals surface area contributed by atoms with Crippen molar-refractivity contribution in [3.8, 4) is 22.3 Å². The minimum absolute atomic E-state index is 0. The van der Waals surface area contributed by atoms with Gasteiger partial charge in [-0.15, -0.1) is 0 Å². The van der Waals surface area contributed by atoms with Crippen molar-refractivity contribution in [3.05, 3.63) is 84.9 Å². The molecule has 3 aromatic rings. The first-order chi connectivity index (χ1) is 16.7. The first-order valence-corrected chi connectivity index (χ1v) is 13.4. The zero-order valence-electron chi connectivity index (χ0n) is 21.6. The largest absolute Gasteiger partial charge is 1.00 e. The standard InChI is InChI=1S/C18H14.C10H20.CHF3O3S.Ru/c1-3-7-15(8-4-1)17-11-13-18(14-12-17)16-9-5-2-6-10-16;1-6-7(2)9(4)10(5)8(6)3;2-1(3,4)8(5,6)7;/h1-14H;6-10H,1-5H3;(H,5,6,7);/q;;;+1. The van der Waals surface area contributed by atoms with Gasteiger partial charge in [0.15, 0.2) is 0 Å². The summed E-state index contributed by atoms with van der Waals surface area (Å²) in [4.78, 5) is 0. The number of rotatable bonds is 2. The molecule has 8 heteroatoms. The Balaban J connectivity index is 0.000000308. The average molecular weight is 622 g/mol. The fourth-order valence-electron chi connectivity index (χ4n) is 4.51. The normalized spacial score (nSPS) is 23.0. The Labute approximate surface area is 232 Å². The molecule has 0 atom stereocenters. The number of alkyl halides is 3. The van der Waals surface area contributed by atoms with Crippen molar-refractivity contribution in [1.82, 2.24) is 0 Å². The van der Waals surface area contributed by atoms with Gasteiger partial charge in [0.25, 0.3) is 0 Å². The molecule has 4 rings (SSSR count). The maximum Gasteiger partial charge on any atom is 1.00 e. The second-order valence-electron chi connectivity index (χ2n) is 9.53. The molecule has 0 aromatic heterocycles. The fourth-order valence-corrected chi connectivity index (χ4v) is 4.51. The van der Waals surface area contributed by atoms with E-state index in [1.807, 2.05) is 12.1 Å². The van der Waals surface area contributed by atoms with Gasteiger partial charge in [-0.2, -0.15) is 21.6 Å². The number of halogens is 3. The van der Waals surface area contributed by atoms with E-state index in [-0.39, 0.29) is 19.5 Å². The van der Waals surface area contributed by atoms with Crippen LogP contribution in [0.5, 0.6) is 0 Å². The van der Waals surface area contributed by atoms with Gasteiger partial charge >= 0.3 is 35.1 Å². The summed E-state index contributed by atoms with van der Waals surface area (Å²) >= 11 is 0. The molecule has 0 aliphatic heterocycles. The predicted octanol–water partition coefficient (Wildman–Crippen LogP) is 8.59. The third-order valence-electron chi connectivity index (χ3n) is 7.54. The second-order valence-corrected chi connectivity index (χ2v) is 10.9. The predicted molar refractivity (Wildman–Crippen MR) is 141 cm³/mol. The molecule has 3 nitrogen and oxygen atoms in total. The van der Waals surface area contributed by atoms with Crippen LogP contribution >= 0.6 is 0 Å². The van der Waals surface area contributed by atoms with Crippen LogP contribution in [0.25, 0.3) is 22.3 Å². The van der Waals surface area contributed by atoms with Crippen molar-refractivity contribution in [1.29, 1.82) is 0 Å². The Morgan fingerprint density at radius 3 is 0.919 bits per heavy atom. The molecule has 1 aliphatic rings. The van der Waals surface area contributed by atoms with Gasteiger partial charge in [0.05, 0.1) is 0 Å². The molecule has 37 heavy (non-hydrogen) atoms. The molecule has 1 saturated carbocycles. The van der Waals surface area contributed by atoms with E-state index in [1.165, 1.54) is 22.3 Å². The molecule has 1 radical (unpaired) electrons. The zero-order chi connectivity index (χ0) is 27.1. The van der Waals surface area contributed by atoms with Crippen molar-refractivity contribution in [2.75, 3.05) is 0 Å². The van der Waals surface area contributed by atoms with E-state index in [0.717, 1.165) is 29.6 Å². The third-order valence-corrected chi connectivity index (χ3v) is 8.12. The zero-order valence-corrected chi connectivity index (χ0v) is 24.2. The fraction of sp³-hybridized carbons (Fsp3) is 0.379. The van der Waals surface area contributed by atoms with Gasteiger partial charge in [0.1, 0.15) is 0 Å². The van der Waals surface area contributed by atoms with Gasteiger partial charge in [0.2, 0.25) is 0 Å². The van der Waals surface area contributed by atoms with Crippen LogP contribution in [0.3, 0.4) is 0 Å².